The van der Waals surface area contributed by atoms with Gasteiger partial charge in [-0.05, 0) is 43.4 Å². The molecule has 0 spiro atoms. The predicted molar refractivity (Wildman–Crippen MR) is 124 cm³/mol. The molecule has 1 fully saturated rings. The molecular formula is C21H29N5O4S2. The Balaban J connectivity index is 1.59. The standard InChI is InChI=1S/C21H29N5O4S2/c1-25-15-16(14-22-25)20(27)23-17-8-11-26(12-9-17)21(28)19(10-13-31-2)24-32(29,30)18-6-4-3-5-7-18/h3-7,14-15,17,19,24H,8-13H2,1-2H3,(H,23,27). The number of amides is 2. The maximum absolute atomic E-state index is 13.2. The van der Waals surface area contributed by atoms with Crippen LogP contribution < -0.4 is 10.0 Å². The second-order valence-corrected chi connectivity index (χ2v) is 10.4. The first kappa shape index (κ1) is 24.3. The molecule has 1 aromatic carbocycles. The molecule has 1 aliphatic rings. The van der Waals surface area contributed by atoms with E-state index >= 15 is 0 Å². The predicted octanol–water partition coefficient (Wildman–Crippen LogP) is 1.24. The number of thioether (sulfide) groups is 1. The van der Waals surface area contributed by atoms with Gasteiger partial charge in [0.15, 0.2) is 0 Å². The maximum Gasteiger partial charge on any atom is 0.254 e. The number of nitrogens with zero attached hydrogens (tertiary/aromatic N) is 3. The van der Waals surface area contributed by atoms with Gasteiger partial charge in [0.1, 0.15) is 6.04 Å². The number of aromatic nitrogens is 2. The van der Waals surface area contributed by atoms with E-state index in [-0.39, 0.29) is 22.8 Å². The Morgan fingerprint density at radius 3 is 2.50 bits per heavy atom. The number of aryl methyl sites for hydroxylation is 1. The molecular weight excluding hydrogens is 450 g/mol. The normalized spacial score (nSPS) is 16.0. The first-order valence-electron chi connectivity index (χ1n) is 10.4. The zero-order valence-electron chi connectivity index (χ0n) is 18.2. The lowest BCUT2D eigenvalue weighted by molar-refractivity contribution is -0.134. The Hall–Kier alpha value is -2.37. The van der Waals surface area contributed by atoms with Crippen LogP contribution in [0.25, 0.3) is 0 Å². The van der Waals surface area contributed by atoms with Crippen molar-refractivity contribution in [3.8, 4) is 0 Å². The van der Waals surface area contributed by atoms with E-state index in [0.29, 0.717) is 43.7 Å². The molecule has 1 saturated heterocycles. The fraction of sp³-hybridized carbons (Fsp3) is 0.476. The van der Waals surface area contributed by atoms with Crippen molar-refractivity contribution in [2.75, 3.05) is 25.1 Å². The van der Waals surface area contributed by atoms with Crippen LogP contribution in [0.15, 0.2) is 47.6 Å². The van der Waals surface area contributed by atoms with Crippen molar-refractivity contribution in [1.29, 1.82) is 0 Å². The van der Waals surface area contributed by atoms with E-state index in [1.165, 1.54) is 18.3 Å². The van der Waals surface area contributed by atoms with Crippen LogP contribution in [-0.4, -0.2) is 72.1 Å². The minimum absolute atomic E-state index is 0.0441. The highest BCUT2D eigenvalue weighted by Crippen LogP contribution is 2.16. The van der Waals surface area contributed by atoms with Gasteiger partial charge >= 0.3 is 0 Å². The van der Waals surface area contributed by atoms with Crippen molar-refractivity contribution in [2.24, 2.45) is 7.05 Å². The Bertz CT molecular complexity index is 1020. The number of hydrogen-bond acceptors (Lipinski definition) is 6. The summed E-state index contributed by atoms with van der Waals surface area (Å²) in [6.45, 7) is 0.916. The number of nitrogens with one attached hydrogen (secondary N) is 2. The lowest BCUT2D eigenvalue weighted by Gasteiger charge is -2.34. The third-order valence-corrected chi connectivity index (χ3v) is 7.50. The van der Waals surface area contributed by atoms with E-state index in [2.05, 4.69) is 15.1 Å². The van der Waals surface area contributed by atoms with Gasteiger partial charge in [0, 0.05) is 32.4 Å². The van der Waals surface area contributed by atoms with Gasteiger partial charge in [-0.2, -0.15) is 21.6 Å². The van der Waals surface area contributed by atoms with Crippen molar-refractivity contribution in [3.63, 3.8) is 0 Å². The van der Waals surface area contributed by atoms with E-state index in [0.717, 1.165) is 0 Å². The second kappa shape index (κ2) is 11.0. The van der Waals surface area contributed by atoms with Crippen LogP contribution >= 0.6 is 11.8 Å². The zero-order chi connectivity index (χ0) is 23.1. The lowest BCUT2D eigenvalue weighted by Crippen LogP contribution is -2.53. The molecule has 174 valence electrons. The van der Waals surface area contributed by atoms with Crippen LogP contribution in [0, 0.1) is 0 Å². The van der Waals surface area contributed by atoms with Crippen LogP contribution in [0.2, 0.25) is 0 Å². The molecule has 3 rings (SSSR count). The van der Waals surface area contributed by atoms with Gasteiger partial charge in [0.25, 0.3) is 5.91 Å². The number of rotatable bonds is 9. The first-order chi connectivity index (χ1) is 15.3. The Morgan fingerprint density at radius 2 is 1.91 bits per heavy atom. The highest BCUT2D eigenvalue weighted by Gasteiger charge is 2.31. The number of benzene rings is 1. The summed E-state index contributed by atoms with van der Waals surface area (Å²) in [6.07, 6.45) is 6.72. The number of sulfonamides is 1. The highest BCUT2D eigenvalue weighted by molar-refractivity contribution is 7.98. The number of hydrogen-bond donors (Lipinski definition) is 2. The number of carbonyl (C=O) groups excluding carboxylic acids is 2. The SMILES string of the molecule is CSCCC(NS(=O)(=O)c1ccccc1)C(=O)N1CCC(NC(=O)c2cnn(C)c2)CC1. The quantitative estimate of drug-likeness (QED) is 0.560. The number of carbonyl (C=O) groups is 2. The summed E-state index contributed by atoms with van der Waals surface area (Å²) in [6, 6.07) is 7.19. The summed E-state index contributed by atoms with van der Waals surface area (Å²) in [7, 11) is -2.05. The molecule has 32 heavy (non-hydrogen) atoms. The molecule has 1 unspecified atom stereocenters. The average Bonchev–Trinajstić information content (AvgIpc) is 3.24. The Morgan fingerprint density at radius 1 is 1.22 bits per heavy atom. The first-order valence-corrected chi connectivity index (χ1v) is 13.3. The highest BCUT2D eigenvalue weighted by atomic mass is 32.2. The molecule has 1 atom stereocenters. The third kappa shape index (κ3) is 6.33. The lowest BCUT2D eigenvalue weighted by atomic mass is 10.0. The topological polar surface area (TPSA) is 113 Å². The van der Waals surface area contributed by atoms with Crippen LogP contribution in [0.5, 0.6) is 0 Å². The Kier molecular flexibility index (Phi) is 8.32. The van der Waals surface area contributed by atoms with E-state index in [1.54, 1.807) is 52.8 Å². The molecule has 9 nitrogen and oxygen atoms in total. The largest absolute Gasteiger partial charge is 0.349 e. The van der Waals surface area contributed by atoms with Crippen LogP contribution in [-0.2, 0) is 21.9 Å². The van der Waals surface area contributed by atoms with Gasteiger partial charge < -0.3 is 10.2 Å². The fourth-order valence-electron chi connectivity index (χ4n) is 3.60. The monoisotopic (exact) mass is 479 g/mol. The molecule has 0 aliphatic carbocycles. The van der Waals surface area contributed by atoms with Crippen LogP contribution in [0.4, 0.5) is 0 Å². The summed E-state index contributed by atoms with van der Waals surface area (Å²) in [4.78, 5) is 27.3. The van der Waals surface area contributed by atoms with Crippen molar-refractivity contribution in [3.05, 3.63) is 48.3 Å². The van der Waals surface area contributed by atoms with E-state index in [1.807, 2.05) is 6.26 Å². The summed E-state index contributed by atoms with van der Waals surface area (Å²) in [5.74, 6) is 0.248. The molecule has 0 saturated carbocycles. The molecule has 11 heteroatoms. The van der Waals surface area contributed by atoms with Crippen molar-refractivity contribution in [1.82, 2.24) is 24.7 Å². The van der Waals surface area contributed by atoms with Gasteiger partial charge in [0.05, 0.1) is 16.7 Å². The van der Waals surface area contributed by atoms with Crippen LogP contribution in [0.1, 0.15) is 29.6 Å². The van der Waals surface area contributed by atoms with Gasteiger partial charge in [-0.1, -0.05) is 18.2 Å². The van der Waals surface area contributed by atoms with Crippen LogP contribution in [0.3, 0.4) is 0 Å². The third-order valence-electron chi connectivity index (χ3n) is 5.37. The molecule has 0 radical (unpaired) electrons. The van der Waals surface area contributed by atoms with Gasteiger partial charge in [-0.15, -0.1) is 0 Å². The maximum atomic E-state index is 13.2. The smallest absolute Gasteiger partial charge is 0.254 e. The van der Waals surface area contributed by atoms with Crippen molar-refractivity contribution >= 4 is 33.6 Å². The number of piperidine rings is 1. The minimum atomic E-state index is -3.80. The minimum Gasteiger partial charge on any atom is -0.349 e. The molecule has 2 aromatic rings. The van der Waals surface area contributed by atoms with E-state index in [4.69, 9.17) is 0 Å². The van der Waals surface area contributed by atoms with Gasteiger partial charge in [0.2, 0.25) is 15.9 Å². The number of likely N-dealkylation sites (tertiary alicyclic amines) is 1. The van der Waals surface area contributed by atoms with E-state index in [9.17, 15) is 18.0 Å². The fourth-order valence-corrected chi connectivity index (χ4v) is 5.31. The second-order valence-electron chi connectivity index (χ2n) is 7.74. The molecule has 1 aliphatic heterocycles. The summed E-state index contributed by atoms with van der Waals surface area (Å²) in [5.41, 5.74) is 0.499. The molecule has 2 heterocycles. The van der Waals surface area contributed by atoms with Crippen molar-refractivity contribution in [2.45, 2.75) is 36.2 Å². The zero-order valence-corrected chi connectivity index (χ0v) is 19.9. The van der Waals surface area contributed by atoms with E-state index < -0.39 is 16.1 Å². The summed E-state index contributed by atoms with van der Waals surface area (Å²) < 4.78 is 29.7. The van der Waals surface area contributed by atoms with Crippen molar-refractivity contribution < 1.29 is 18.0 Å². The molecule has 2 N–H and O–H groups in total. The van der Waals surface area contributed by atoms with Gasteiger partial charge in [-0.3, -0.25) is 14.3 Å². The summed E-state index contributed by atoms with van der Waals surface area (Å²) in [5, 5.41) is 6.99. The molecule has 2 amide bonds. The molecule has 1 aromatic heterocycles. The Labute approximate surface area is 193 Å². The van der Waals surface area contributed by atoms with Gasteiger partial charge in [-0.25, -0.2) is 8.42 Å². The molecule has 0 bridgehead atoms. The summed E-state index contributed by atoms with van der Waals surface area (Å²) >= 11 is 1.56. The average molecular weight is 480 g/mol.